The van der Waals surface area contributed by atoms with Crippen LogP contribution in [0.4, 0.5) is 0 Å². The van der Waals surface area contributed by atoms with Gasteiger partial charge in [-0.05, 0) is 43.0 Å². The van der Waals surface area contributed by atoms with E-state index >= 15 is 0 Å². The van der Waals surface area contributed by atoms with Crippen LogP contribution in [0.2, 0.25) is 5.02 Å². The number of fused-ring (bicyclic) bond motifs is 1. The summed E-state index contributed by atoms with van der Waals surface area (Å²) in [6.07, 6.45) is 1.90. The Hall–Kier alpha value is -2.93. The number of nitrogens with one attached hydrogen (secondary N) is 3. The Morgan fingerprint density at radius 2 is 2.00 bits per heavy atom. The third-order valence-electron chi connectivity index (χ3n) is 5.02. The predicted octanol–water partition coefficient (Wildman–Crippen LogP) is 2.03. The van der Waals surface area contributed by atoms with Gasteiger partial charge in [0.25, 0.3) is 11.5 Å². The molecule has 1 aliphatic rings. The van der Waals surface area contributed by atoms with Gasteiger partial charge < -0.3 is 5.32 Å². The van der Waals surface area contributed by atoms with Crippen molar-refractivity contribution < 1.29 is 4.79 Å². The van der Waals surface area contributed by atoms with E-state index in [1.54, 1.807) is 13.0 Å². The van der Waals surface area contributed by atoms with Crippen molar-refractivity contribution in [3.05, 3.63) is 73.0 Å². The van der Waals surface area contributed by atoms with E-state index in [9.17, 15) is 14.4 Å². The standard InChI is InChI=1S/C19H17ClN4O3/c1-10-8-13(22-15-14(10)17(26)24-18(27)23-15)16(25)21-9-19(6-7-19)11-4-2-3-5-12(11)20/h2-5,8H,6-7,9H2,1H3,(H,21,25)(H2,22,23,24,26,27). The SMILES string of the molecule is Cc1cc(C(=O)NCC2(c3ccccc3Cl)CC2)nc2[nH]c(=O)[nH]c(=O)c12. The Balaban J connectivity index is 1.60. The molecule has 0 aliphatic heterocycles. The third kappa shape index (κ3) is 3.14. The van der Waals surface area contributed by atoms with Gasteiger partial charge in [0.2, 0.25) is 0 Å². The molecular formula is C19H17ClN4O3. The highest BCUT2D eigenvalue weighted by Gasteiger charge is 2.45. The zero-order valence-electron chi connectivity index (χ0n) is 14.6. The van der Waals surface area contributed by atoms with Crippen LogP contribution < -0.4 is 16.6 Å². The number of hydrogen-bond donors (Lipinski definition) is 3. The van der Waals surface area contributed by atoms with Gasteiger partial charge in [0.05, 0.1) is 5.39 Å². The van der Waals surface area contributed by atoms with E-state index in [-0.39, 0.29) is 28.0 Å². The molecule has 7 nitrogen and oxygen atoms in total. The summed E-state index contributed by atoms with van der Waals surface area (Å²) in [4.78, 5) is 44.8. The molecule has 1 amide bonds. The number of hydrogen-bond acceptors (Lipinski definition) is 4. The lowest BCUT2D eigenvalue weighted by Crippen LogP contribution is -2.33. The number of pyridine rings is 1. The smallest absolute Gasteiger partial charge is 0.327 e. The average molecular weight is 385 g/mol. The summed E-state index contributed by atoms with van der Waals surface area (Å²) in [5.74, 6) is -0.362. The van der Waals surface area contributed by atoms with Crippen molar-refractivity contribution in [3.63, 3.8) is 0 Å². The minimum absolute atomic E-state index is 0.0983. The fourth-order valence-electron chi connectivity index (χ4n) is 3.39. The lowest BCUT2D eigenvalue weighted by atomic mass is 9.96. The molecule has 1 aliphatic carbocycles. The summed E-state index contributed by atoms with van der Waals surface area (Å²) in [5.41, 5.74) is 0.512. The van der Waals surface area contributed by atoms with E-state index in [1.807, 2.05) is 24.3 Å². The quantitative estimate of drug-likeness (QED) is 0.639. The number of nitrogens with zero attached hydrogens (tertiary/aromatic N) is 1. The second-order valence-corrected chi connectivity index (χ2v) is 7.31. The van der Waals surface area contributed by atoms with Crippen molar-refractivity contribution in [2.24, 2.45) is 0 Å². The van der Waals surface area contributed by atoms with Gasteiger partial charge >= 0.3 is 5.69 Å². The van der Waals surface area contributed by atoms with Gasteiger partial charge in [0.1, 0.15) is 11.3 Å². The number of rotatable bonds is 4. The molecule has 2 heterocycles. The average Bonchev–Trinajstić information content (AvgIpc) is 3.40. The number of aromatic amines is 2. The highest BCUT2D eigenvalue weighted by molar-refractivity contribution is 6.31. The minimum atomic E-state index is -0.660. The molecule has 138 valence electrons. The molecule has 4 rings (SSSR count). The Morgan fingerprint density at radius 3 is 2.70 bits per heavy atom. The third-order valence-corrected chi connectivity index (χ3v) is 5.35. The van der Waals surface area contributed by atoms with E-state index < -0.39 is 11.2 Å². The van der Waals surface area contributed by atoms with Crippen LogP contribution in [0.5, 0.6) is 0 Å². The largest absolute Gasteiger partial charge is 0.350 e. The second kappa shape index (κ2) is 6.35. The van der Waals surface area contributed by atoms with Crippen molar-refractivity contribution in [1.82, 2.24) is 20.3 Å². The van der Waals surface area contributed by atoms with Gasteiger partial charge in [0, 0.05) is 17.0 Å². The molecule has 3 N–H and O–H groups in total. The normalized spacial score (nSPS) is 14.9. The summed E-state index contributed by atoms with van der Waals surface area (Å²) in [7, 11) is 0. The van der Waals surface area contributed by atoms with Crippen LogP contribution in [0, 0.1) is 6.92 Å². The van der Waals surface area contributed by atoms with Crippen molar-refractivity contribution in [2.75, 3.05) is 6.54 Å². The topological polar surface area (TPSA) is 108 Å². The first-order chi connectivity index (χ1) is 12.9. The number of carbonyl (C=O) groups excluding carboxylic acids is 1. The Morgan fingerprint density at radius 1 is 1.26 bits per heavy atom. The monoisotopic (exact) mass is 384 g/mol. The molecule has 27 heavy (non-hydrogen) atoms. The first-order valence-corrected chi connectivity index (χ1v) is 8.95. The highest BCUT2D eigenvalue weighted by Crippen LogP contribution is 2.49. The van der Waals surface area contributed by atoms with E-state index in [0.717, 1.165) is 18.4 Å². The first kappa shape index (κ1) is 17.5. The second-order valence-electron chi connectivity index (χ2n) is 6.90. The van der Waals surface area contributed by atoms with Gasteiger partial charge in [-0.15, -0.1) is 0 Å². The first-order valence-electron chi connectivity index (χ1n) is 8.57. The molecule has 0 spiro atoms. The van der Waals surface area contributed by atoms with Crippen LogP contribution in [0.3, 0.4) is 0 Å². The molecule has 0 unspecified atom stereocenters. The van der Waals surface area contributed by atoms with Crippen LogP contribution in [-0.4, -0.2) is 27.4 Å². The zero-order valence-corrected chi connectivity index (χ0v) is 15.3. The lowest BCUT2D eigenvalue weighted by Gasteiger charge is -2.18. The molecule has 0 bridgehead atoms. The molecular weight excluding hydrogens is 368 g/mol. The predicted molar refractivity (Wildman–Crippen MR) is 102 cm³/mol. The number of benzene rings is 1. The molecule has 1 fully saturated rings. The van der Waals surface area contributed by atoms with Gasteiger partial charge in [-0.2, -0.15) is 0 Å². The summed E-state index contributed by atoms with van der Waals surface area (Å²) in [5, 5.41) is 3.87. The van der Waals surface area contributed by atoms with Gasteiger partial charge in [-0.3, -0.25) is 19.6 Å². The van der Waals surface area contributed by atoms with Crippen LogP contribution in [0.1, 0.15) is 34.5 Å². The van der Waals surface area contributed by atoms with Crippen molar-refractivity contribution in [3.8, 4) is 0 Å². The van der Waals surface area contributed by atoms with Crippen LogP contribution in [0.25, 0.3) is 11.0 Å². The molecule has 8 heteroatoms. The fourth-order valence-corrected chi connectivity index (χ4v) is 3.73. The zero-order chi connectivity index (χ0) is 19.2. The van der Waals surface area contributed by atoms with Gasteiger partial charge in [-0.1, -0.05) is 29.8 Å². The number of aromatic nitrogens is 3. The maximum atomic E-state index is 12.6. The van der Waals surface area contributed by atoms with Crippen LogP contribution in [0.15, 0.2) is 39.9 Å². The molecule has 0 atom stereocenters. The number of aryl methyl sites for hydroxylation is 1. The molecule has 1 aromatic carbocycles. The van der Waals surface area contributed by atoms with Crippen molar-refractivity contribution in [2.45, 2.75) is 25.2 Å². The highest BCUT2D eigenvalue weighted by atomic mass is 35.5. The van der Waals surface area contributed by atoms with Gasteiger partial charge in [-0.25, -0.2) is 9.78 Å². The Labute approximate surface area is 158 Å². The maximum Gasteiger partial charge on any atom is 0.327 e. The molecule has 2 aromatic heterocycles. The van der Waals surface area contributed by atoms with Crippen LogP contribution >= 0.6 is 11.6 Å². The molecule has 3 aromatic rings. The van der Waals surface area contributed by atoms with Crippen LogP contribution in [-0.2, 0) is 5.41 Å². The Bertz CT molecular complexity index is 1180. The van der Waals surface area contributed by atoms with E-state index in [4.69, 9.17) is 11.6 Å². The van der Waals surface area contributed by atoms with Crippen molar-refractivity contribution in [1.29, 1.82) is 0 Å². The minimum Gasteiger partial charge on any atom is -0.350 e. The fraction of sp³-hybridized carbons (Fsp3) is 0.263. The van der Waals surface area contributed by atoms with E-state index in [1.165, 1.54) is 0 Å². The number of amides is 1. The Kier molecular flexibility index (Phi) is 4.11. The molecule has 0 radical (unpaired) electrons. The van der Waals surface area contributed by atoms with E-state index in [0.29, 0.717) is 17.1 Å². The number of carbonyl (C=O) groups is 1. The molecule has 1 saturated carbocycles. The van der Waals surface area contributed by atoms with Crippen molar-refractivity contribution >= 4 is 28.5 Å². The summed E-state index contributed by atoms with van der Waals surface area (Å²) in [6, 6.07) is 9.19. The number of H-pyrrole nitrogens is 2. The van der Waals surface area contributed by atoms with Gasteiger partial charge in [0.15, 0.2) is 0 Å². The lowest BCUT2D eigenvalue weighted by molar-refractivity contribution is 0.0945. The molecule has 0 saturated heterocycles. The summed E-state index contributed by atoms with van der Waals surface area (Å²) < 4.78 is 0. The van der Waals surface area contributed by atoms with E-state index in [2.05, 4.69) is 20.3 Å². The maximum absolute atomic E-state index is 12.6. The summed E-state index contributed by atoms with van der Waals surface area (Å²) >= 11 is 6.31. The number of halogens is 1. The summed E-state index contributed by atoms with van der Waals surface area (Å²) in [6.45, 7) is 2.14.